The van der Waals surface area contributed by atoms with Crippen molar-refractivity contribution in [1.29, 1.82) is 0 Å². The van der Waals surface area contributed by atoms with Crippen molar-refractivity contribution in [2.75, 3.05) is 18.9 Å². The summed E-state index contributed by atoms with van der Waals surface area (Å²) >= 11 is 2.08. The molecule has 1 fully saturated rings. The Hall–Kier alpha value is -1.57. The highest BCUT2D eigenvalue weighted by Gasteiger charge is 2.27. The van der Waals surface area contributed by atoms with E-state index < -0.39 is 0 Å². The lowest BCUT2D eigenvalue weighted by Crippen LogP contribution is -2.38. The second kappa shape index (κ2) is 7.13. The van der Waals surface area contributed by atoms with E-state index in [9.17, 15) is 9.18 Å². The van der Waals surface area contributed by atoms with Crippen LogP contribution in [0.4, 0.5) is 10.1 Å². The number of nitrogens with one attached hydrogen (secondary N) is 2. The van der Waals surface area contributed by atoms with Gasteiger partial charge in [0.1, 0.15) is 11.6 Å². The van der Waals surface area contributed by atoms with Gasteiger partial charge in [0.25, 0.3) is 0 Å². The van der Waals surface area contributed by atoms with Gasteiger partial charge in [-0.3, -0.25) is 4.79 Å². The van der Waals surface area contributed by atoms with Crippen LogP contribution in [0.2, 0.25) is 0 Å². The van der Waals surface area contributed by atoms with Gasteiger partial charge in [0, 0.05) is 23.1 Å². The standard InChI is InChI=1S/C18H21FIN3O/c1-11-8-16(22-18(24)12-4-3-5-12)17(23(2)10-11)21-15-7-6-13(20)9-14(15)19/h6-9,12,21H,3-5,10H2,1-2H3,(H,22,24). The van der Waals surface area contributed by atoms with E-state index in [1.165, 1.54) is 6.07 Å². The summed E-state index contributed by atoms with van der Waals surface area (Å²) in [6.45, 7) is 2.76. The average Bonchev–Trinajstić information content (AvgIpc) is 2.42. The molecule has 0 bridgehead atoms. The summed E-state index contributed by atoms with van der Waals surface area (Å²) in [7, 11) is 1.93. The SMILES string of the molecule is CC1=CC(NC(=O)C2CCC2)=C(Nc2ccc(I)cc2F)N(C)C1. The summed E-state index contributed by atoms with van der Waals surface area (Å²) in [5.41, 5.74) is 2.26. The fraction of sp³-hybridized carbons (Fsp3) is 0.389. The molecule has 1 heterocycles. The molecule has 3 rings (SSSR count). The highest BCUT2D eigenvalue weighted by atomic mass is 127. The lowest BCUT2D eigenvalue weighted by molar-refractivity contribution is -0.126. The normalized spacial score (nSPS) is 18.2. The molecule has 0 atom stereocenters. The highest BCUT2D eigenvalue weighted by molar-refractivity contribution is 14.1. The number of benzene rings is 1. The molecule has 1 aromatic carbocycles. The minimum atomic E-state index is -0.307. The lowest BCUT2D eigenvalue weighted by Gasteiger charge is -2.32. The summed E-state index contributed by atoms with van der Waals surface area (Å²) < 4.78 is 15.0. The Bertz CT molecular complexity index is 725. The van der Waals surface area contributed by atoms with E-state index in [1.54, 1.807) is 6.07 Å². The van der Waals surface area contributed by atoms with Gasteiger partial charge in [0.2, 0.25) is 5.91 Å². The van der Waals surface area contributed by atoms with Crippen LogP contribution < -0.4 is 10.6 Å². The van der Waals surface area contributed by atoms with Crippen LogP contribution in [0.3, 0.4) is 0 Å². The molecule has 0 spiro atoms. The quantitative estimate of drug-likeness (QED) is 0.699. The van der Waals surface area contributed by atoms with Gasteiger partial charge in [-0.2, -0.15) is 0 Å². The van der Waals surface area contributed by atoms with E-state index in [2.05, 4.69) is 33.2 Å². The molecule has 0 unspecified atom stereocenters. The van der Waals surface area contributed by atoms with E-state index >= 15 is 0 Å². The number of nitrogens with zero attached hydrogens (tertiary/aromatic N) is 1. The number of anilines is 1. The Morgan fingerprint density at radius 1 is 1.38 bits per heavy atom. The van der Waals surface area contributed by atoms with Crippen molar-refractivity contribution in [3.63, 3.8) is 0 Å². The molecule has 0 radical (unpaired) electrons. The number of carbonyl (C=O) groups excluding carboxylic acids is 1. The zero-order valence-electron chi connectivity index (χ0n) is 13.8. The van der Waals surface area contributed by atoms with Crippen molar-refractivity contribution in [2.45, 2.75) is 26.2 Å². The first-order chi connectivity index (χ1) is 11.4. The molecule has 24 heavy (non-hydrogen) atoms. The van der Waals surface area contributed by atoms with Crippen LogP contribution in [0.1, 0.15) is 26.2 Å². The molecular formula is C18H21FIN3O. The number of carbonyl (C=O) groups is 1. The summed E-state index contributed by atoms with van der Waals surface area (Å²) in [6.07, 6.45) is 4.98. The lowest BCUT2D eigenvalue weighted by atomic mass is 9.85. The molecular weight excluding hydrogens is 420 g/mol. The van der Waals surface area contributed by atoms with Crippen molar-refractivity contribution >= 4 is 34.2 Å². The van der Waals surface area contributed by atoms with Gasteiger partial charge in [-0.25, -0.2) is 4.39 Å². The van der Waals surface area contributed by atoms with Crippen LogP contribution in [-0.2, 0) is 4.79 Å². The Labute approximate surface area is 155 Å². The summed E-state index contributed by atoms with van der Waals surface area (Å²) in [5, 5.41) is 6.16. The second-order valence-electron chi connectivity index (χ2n) is 6.48. The highest BCUT2D eigenvalue weighted by Crippen LogP contribution is 2.28. The molecule has 0 aromatic heterocycles. The number of halogens is 2. The van der Waals surface area contributed by atoms with E-state index in [4.69, 9.17) is 0 Å². The average molecular weight is 441 g/mol. The van der Waals surface area contributed by atoms with Crippen LogP contribution in [0.15, 0.2) is 41.4 Å². The van der Waals surface area contributed by atoms with Gasteiger partial charge in [-0.1, -0.05) is 12.0 Å². The Kier molecular flexibility index (Phi) is 5.12. The molecule has 0 saturated heterocycles. The van der Waals surface area contributed by atoms with Crippen molar-refractivity contribution in [1.82, 2.24) is 10.2 Å². The van der Waals surface area contributed by atoms with Crippen LogP contribution in [0.5, 0.6) is 0 Å². The maximum absolute atomic E-state index is 14.2. The molecule has 6 heteroatoms. The number of allylic oxidation sites excluding steroid dienone is 1. The predicted octanol–water partition coefficient (Wildman–Crippen LogP) is 3.82. The first-order valence-electron chi connectivity index (χ1n) is 8.09. The fourth-order valence-corrected chi connectivity index (χ4v) is 3.35. The molecule has 4 nitrogen and oxygen atoms in total. The Morgan fingerprint density at radius 2 is 2.12 bits per heavy atom. The largest absolute Gasteiger partial charge is 0.356 e. The maximum atomic E-state index is 14.2. The summed E-state index contributed by atoms with van der Waals surface area (Å²) in [5.74, 6) is 0.569. The maximum Gasteiger partial charge on any atom is 0.227 e. The predicted molar refractivity (Wildman–Crippen MR) is 102 cm³/mol. The molecule has 128 valence electrons. The molecule has 1 aliphatic heterocycles. The first-order valence-corrected chi connectivity index (χ1v) is 9.17. The van der Waals surface area contributed by atoms with Crippen molar-refractivity contribution in [3.8, 4) is 0 Å². The van der Waals surface area contributed by atoms with Gasteiger partial charge in [0.15, 0.2) is 0 Å². The number of likely N-dealkylation sites (N-methyl/N-ethyl adjacent to an activating group) is 1. The van der Waals surface area contributed by atoms with Crippen molar-refractivity contribution in [2.24, 2.45) is 5.92 Å². The van der Waals surface area contributed by atoms with E-state index in [0.717, 1.165) is 35.0 Å². The van der Waals surface area contributed by atoms with Crippen LogP contribution in [-0.4, -0.2) is 24.4 Å². The van der Waals surface area contributed by atoms with Gasteiger partial charge in [-0.15, -0.1) is 0 Å². The third-order valence-corrected chi connectivity index (χ3v) is 5.10. The number of rotatable bonds is 4. The summed E-state index contributed by atoms with van der Waals surface area (Å²) in [6, 6.07) is 5.05. The topological polar surface area (TPSA) is 44.4 Å². The molecule has 1 amide bonds. The van der Waals surface area contributed by atoms with Crippen molar-refractivity contribution in [3.05, 3.63) is 50.8 Å². The van der Waals surface area contributed by atoms with Crippen molar-refractivity contribution < 1.29 is 9.18 Å². The smallest absolute Gasteiger partial charge is 0.227 e. The number of hydrogen-bond acceptors (Lipinski definition) is 3. The van der Waals surface area contributed by atoms with E-state index in [-0.39, 0.29) is 17.6 Å². The zero-order valence-corrected chi connectivity index (χ0v) is 16.0. The zero-order chi connectivity index (χ0) is 17.3. The Balaban J connectivity index is 1.88. The number of amides is 1. The second-order valence-corrected chi connectivity index (χ2v) is 7.72. The first kappa shape index (κ1) is 17.3. The third kappa shape index (κ3) is 3.74. The third-order valence-electron chi connectivity index (χ3n) is 4.43. The van der Waals surface area contributed by atoms with Crippen LogP contribution in [0, 0.1) is 15.3 Å². The van der Waals surface area contributed by atoms with Gasteiger partial charge >= 0.3 is 0 Å². The number of hydrogen-bond donors (Lipinski definition) is 2. The summed E-state index contributed by atoms with van der Waals surface area (Å²) in [4.78, 5) is 14.3. The minimum Gasteiger partial charge on any atom is -0.356 e. The molecule has 1 saturated carbocycles. The van der Waals surface area contributed by atoms with Gasteiger partial charge in [0.05, 0.1) is 11.4 Å². The molecule has 2 aliphatic rings. The van der Waals surface area contributed by atoms with Crippen LogP contribution in [0.25, 0.3) is 0 Å². The minimum absolute atomic E-state index is 0.0537. The van der Waals surface area contributed by atoms with E-state index in [0.29, 0.717) is 17.2 Å². The fourth-order valence-electron chi connectivity index (χ4n) is 2.90. The van der Waals surface area contributed by atoms with Crippen LogP contribution >= 0.6 is 22.6 Å². The monoisotopic (exact) mass is 441 g/mol. The van der Waals surface area contributed by atoms with E-state index in [1.807, 2.05) is 31.0 Å². The van der Waals surface area contributed by atoms with Gasteiger partial charge in [-0.05, 0) is 66.6 Å². The molecule has 2 N–H and O–H groups in total. The Morgan fingerprint density at radius 3 is 2.75 bits per heavy atom. The molecule has 1 aliphatic carbocycles. The molecule has 1 aromatic rings. The van der Waals surface area contributed by atoms with Gasteiger partial charge < -0.3 is 15.5 Å².